The quantitative estimate of drug-likeness (QED) is 0.309. The maximum absolute atomic E-state index is 0. The topological polar surface area (TPSA) is 0 Å². The van der Waals surface area contributed by atoms with Gasteiger partial charge in [0.2, 0.25) is 0 Å². The van der Waals surface area contributed by atoms with Crippen molar-refractivity contribution in [2.75, 3.05) is 0 Å². The van der Waals surface area contributed by atoms with E-state index in [2.05, 4.69) is 0 Å². The van der Waals surface area contributed by atoms with Gasteiger partial charge in [-0.2, -0.15) is 0 Å². The van der Waals surface area contributed by atoms with Crippen molar-refractivity contribution < 1.29 is 818 Å². The van der Waals surface area contributed by atoms with Crippen LogP contribution in [0.5, 0.6) is 0 Å². The molecule has 0 saturated heterocycles. The predicted octanol–water partition coefficient (Wildman–Crippen LogP) is 0.388. The Kier molecular flexibility index (Phi) is 1380. The molecule has 26 heavy (non-hydrogen) atoms. The minimum absolute atomic E-state index is 0. The van der Waals surface area contributed by atoms with Gasteiger partial charge in [0.05, 0.1) is 0 Å². The third-order valence-electron chi connectivity index (χ3n) is 0. The summed E-state index contributed by atoms with van der Waals surface area (Å²) in [5.41, 5.74) is 0. The van der Waals surface area contributed by atoms with Crippen molar-refractivity contribution >= 4 is 0 Å². The van der Waals surface area contributed by atoms with Gasteiger partial charge in [0.1, 0.15) is 0 Å². The van der Waals surface area contributed by atoms with Crippen molar-refractivity contribution in [1.82, 2.24) is 0 Å². The third kappa shape index (κ3) is 173. The Hall–Kier alpha value is 27.6. The van der Waals surface area contributed by atoms with Gasteiger partial charge in [0, 0.05) is 818 Å². The van der Waals surface area contributed by atoms with Gasteiger partial charge in [-0.05, 0) is 0 Å². The second-order valence-corrected chi connectivity index (χ2v) is 0. The maximum Gasteiger partial charge on any atom is 0 e. The molecule has 0 aromatic rings. The van der Waals surface area contributed by atoms with Crippen molar-refractivity contribution in [1.29, 1.82) is 0 Å². The zero-order chi connectivity index (χ0) is 0. The van der Waals surface area contributed by atoms with Gasteiger partial charge in [-0.25, -0.2) is 0 Å². The van der Waals surface area contributed by atoms with Crippen molar-refractivity contribution in [3.8, 4) is 0 Å². The van der Waals surface area contributed by atoms with Crippen LogP contribution in [0, 0.1) is 7.43 Å². The number of hydrogen-bond acceptors (Lipinski definition) is 0. The van der Waals surface area contributed by atoms with Crippen molar-refractivity contribution in [2.45, 2.75) is 0 Å². The molecule has 83 valence electrons. The average molecular weight is 2240 g/mol. The Bertz CT molecular complexity index is 6.12. The normalized spacial score (nSPS) is 0. The summed E-state index contributed by atoms with van der Waals surface area (Å²) in [6.07, 6.45) is 0. The molecule has 0 bridgehead atoms. The summed E-state index contributed by atoms with van der Waals surface area (Å²) in [7, 11) is 0. The van der Waals surface area contributed by atoms with Crippen LogP contribution in [-0.4, -0.2) is 0 Å². The van der Waals surface area contributed by atoms with E-state index < -0.39 is 0 Å². The van der Waals surface area contributed by atoms with E-state index in [9.17, 15) is 0 Å². The Morgan fingerprint density at radius 1 is 0.0769 bits per heavy atom. The smallest absolute Gasteiger partial charge is 0 e. The summed E-state index contributed by atoms with van der Waals surface area (Å²) in [5, 5.41) is 0. The molecule has 0 atom stereocenters. The van der Waals surface area contributed by atoms with E-state index in [1.54, 1.807) is 0 Å². The van der Waals surface area contributed by atoms with E-state index in [1.807, 2.05) is 0 Å². The molecule has 0 aromatic heterocycles. The van der Waals surface area contributed by atoms with Crippen LogP contribution in [0.15, 0.2) is 0 Å². The molecule has 0 N–H and O–H groups in total. The minimum atomic E-state index is 0. The molecule has 0 heterocycles. The molecule has 0 spiro atoms. The van der Waals surface area contributed by atoms with E-state index in [1.165, 1.54) is 0 Å². The molecule has 0 fully saturated rings. The molecule has 0 amide bonds. The summed E-state index contributed by atoms with van der Waals surface area (Å²) >= 11 is 0. The standard InChI is InChI=1S/CH3.25Y/h1H3;;;;;;;;;;;;;;;;;;;;;;;;;/q-1;;;;;;;;;;;;;;;;;;;;;;;;;. The van der Waals surface area contributed by atoms with Gasteiger partial charge >= 0.3 is 0 Å². The molecule has 25 radical (unpaired) electrons. The largest absolute Gasteiger partial charge is 0.358 e. The van der Waals surface area contributed by atoms with Crippen LogP contribution in [0.3, 0.4) is 0 Å². The first kappa shape index (κ1) is 195. The van der Waals surface area contributed by atoms with E-state index >= 15 is 0 Å². The SMILES string of the molecule is [CH3-].[Y].[Y].[Y].[Y].[Y].[Y].[Y].[Y].[Y].[Y].[Y].[Y].[Y].[Y].[Y].[Y].[Y].[Y].[Y].[Y].[Y].[Y].[Y].[Y].[Y]. The van der Waals surface area contributed by atoms with Crippen molar-refractivity contribution in [3.63, 3.8) is 0 Å². The Morgan fingerprint density at radius 2 is 0.0769 bits per heavy atom. The monoisotopic (exact) mass is 2240 g/mol. The van der Waals surface area contributed by atoms with Gasteiger partial charge in [-0.3, -0.25) is 0 Å². The second kappa shape index (κ2) is 184. The Labute approximate surface area is 793 Å². The summed E-state index contributed by atoms with van der Waals surface area (Å²) in [5.74, 6) is 0. The molecular weight excluding hydrogens is 2230 g/mol. The predicted molar refractivity (Wildman–Crippen MR) is 6.41 cm³/mol. The average Bonchev–Trinajstić information content (AvgIpc) is 0. The maximum atomic E-state index is 0. The van der Waals surface area contributed by atoms with E-state index in [-0.39, 0.29) is 825 Å². The van der Waals surface area contributed by atoms with Crippen LogP contribution >= 0.6 is 0 Å². The summed E-state index contributed by atoms with van der Waals surface area (Å²) in [4.78, 5) is 0. The molecule has 0 aliphatic heterocycles. The van der Waals surface area contributed by atoms with Crippen LogP contribution in [0.25, 0.3) is 0 Å². The first-order chi connectivity index (χ1) is 0. The zero-order valence-corrected chi connectivity index (χ0v) is 86.4. The van der Waals surface area contributed by atoms with Gasteiger partial charge in [-0.1, -0.05) is 0 Å². The van der Waals surface area contributed by atoms with Crippen molar-refractivity contribution in [2.24, 2.45) is 0 Å². The van der Waals surface area contributed by atoms with Crippen molar-refractivity contribution in [3.05, 3.63) is 7.43 Å². The molecular formula is CH3Y25-. The fraction of sp³-hybridized carbons (Fsp3) is 0. The molecule has 0 rings (SSSR count). The molecule has 0 unspecified atom stereocenters. The molecule has 25 heteroatoms. The zero-order valence-electron chi connectivity index (χ0n) is 15.4. The van der Waals surface area contributed by atoms with Gasteiger partial charge in [0.25, 0.3) is 0 Å². The summed E-state index contributed by atoms with van der Waals surface area (Å²) < 4.78 is 0. The first-order valence-electron chi connectivity index (χ1n) is 0. The van der Waals surface area contributed by atoms with E-state index in [4.69, 9.17) is 0 Å². The van der Waals surface area contributed by atoms with Crippen LogP contribution in [0.4, 0.5) is 0 Å². The van der Waals surface area contributed by atoms with Gasteiger partial charge < -0.3 is 7.43 Å². The van der Waals surface area contributed by atoms with Crippen LogP contribution in [-0.2, 0) is 818 Å². The van der Waals surface area contributed by atoms with Gasteiger partial charge in [-0.15, -0.1) is 0 Å². The van der Waals surface area contributed by atoms with E-state index in [0.29, 0.717) is 0 Å². The Balaban J connectivity index is 0. The second-order valence-electron chi connectivity index (χ2n) is 0. The number of hydrogen-bond donors (Lipinski definition) is 0. The molecule has 0 aromatic carbocycles. The fourth-order valence-electron chi connectivity index (χ4n) is 0. The molecule has 0 aliphatic rings. The molecule has 0 nitrogen and oxygen atoms in total. The minimum Gasteiger partial charge on any atom is -0.358 e. The van der Waals surface area contributed by atoms with E-state index in [0.717, 1.165) is 0 Å². The molecule has 0 aliphatic carbocycles. The van der Waals surface area contributed by atoms with Crippen LogP contribution in [0.2, 0.25) is 0 Å². The van der Waals surface area contributed by atoms with Crippen LogP contribution in [0.1, 0.15) is 0 Å². The third-order valence-corrected chi connectivity index (χ3v) is 0. The first-order valence-corrected chi connectivity index (χ1v) is 0. The van der Waals surface area contributed by atoms with Crippen LogP contribution < -0.4 is 0 Å². The summed E-state index contributed by atoms with van der Waals surface area (Å²) in [6.45, 7) is 0. The summed E-state index contributed by atoms with van der Waals surface area (Å²) in [6, 6.07) is 0. The Morgan fingerprint density at radius 3 is 0.0769 bits per heavy atom. The number of rotatable bonds is 0. The fourth-order valence-corrected chi connectivity index (χ4v) is 0. The van der Waals surface area contributed by atoms with Gasteiger partial charge in [0.15, 0.2) is 0 Å². The molecule has 0 saturated carbocycles.